The Labute approximate surface area is 193 Å². The molecule has 0 radical (unpaired) electrons. The van der Waals surface area contributed by atoms with Gasteiger partial charge in [-0.15, -0.1) is 0 Å². The number of aliphatic hydroxyl groups is 1. The fraction of sp³-hybridized carbons (Fsp3) is 0.933. The third-order valence-corrected chi connectivity index (χ3v) is 11.8. The topological polar surface area (TPSA) is 20.2 Å². The molecule has 7 atom stereocenters. The summed E-state index contributed by atoms with van der Waals surface area (Å²) in [5.74, 6) is 5.08. The summed E-state index contributed by atoms with van der Waals surface area (Å²) >= 11 is 0. The first-order valence-electron chi connectivity index (χ1n) is 14.0. The van der Waals surface area contributed by atoms with Crippen LogP contribution >= 0.6 is 0 Å². The van der Waals surface area contributed by atoms with Crippen LogP contribution < -0.4 is 0 Å². The monoisotopic (exact) mass is 428 g/mol. The summed E-state index contributed by atoms with van der Waals surface area (Å²) in [5, 5.41) is 11.3. The molecule has 0 aromatic carbocycles. The predicted octanol–water partition coefficient (Wildman–Crippen LogP) is 8.41. The van der Waals surface area contributed by atoms with Crippen LogP contribution in [0, 0.1) is 52.3 Å². The molecule has 178 valence electrons. The van der Waals surface area contributed by atoms with Gasteiger partial charge in [0, 0.05) is 0 Å². The zero-order chi connectivity index (χ0) is 22.6. The molecule has 0 amide bonds. The van der Waals surface area contributed by atoms with Gasteiger partial charge >= 0.3 is 0 Å². The molecular formula is C30H52O. The molecule has 31 heavy (non-hydrogen) atoms. The molecule has 1 nitrogen and oxygen atoms in total. The standard InChI is InChI=1S/C30H52O/c1-20(2)30(31,21(3)4)19-15-22(5)25-13-14-26-24-12-11-23-10-8-9-17-28(23,6)27(24)16-18-29(25,26)7/h11,20-22,24-27,31H,8-10,12-19H2,1-7H3. The molecule has 3 saturated carbocycles. The minimum Gasteiger partial charge on any atom is -0.389 e. The minimum absolute atomic E-state index is 0.335. The van der Waals surface area contributed by atoms with Crippen molar-refractivity contribution in [3.63, 3.8) is 0 Å². The molecule has 0 aliphatic heterocycles. The van der Waals surface area contributed by atoms with E-state index in [1.165, 1.54) is 64.2 Å². The van der Waals surface area contributed by atoms with Crippen molar-refractivity contribution in [3.8, 4) is 0 Å². The van der Waals surface area contributed by atoms with Crippen LogP contribution in [-0.2, 0) is 0 Å². The lowest BCUT2D eigenvalue weighted by Crippen LogP contribution is -2.50. The van der Waals surface area contributed by atoms with Crippen molar-refractivity contribution in [2.24, 2.45) is 52.3 Å². The van der Waals surface area contributed by atoms with E-state index < -0.39 is 5.60 Å². The van der Waals surface area contributed by atoms with E-state index in [1.807, 2.05) is 5.57 Å². The number of allylic oxidation sites excluding steroid dienone is 2. The summed E-state index contributed by atoms with van der Waals surface area (Å²) in [6.45, 7) is 16.7. The molecule has 0 spiro atoms. The zero-order valence-electron chi connectivity index (χ0n) is 21.8. The van der Waals surface area contributed by atoms with Gasteiger partial charge in [-0.05, 0) is 116 Å². The average Bonchev–Trinajstić information content (AvgIpc) is 3.08. The Balaban J connectivity index is 1.48. The molecule has 0 heterocycles. The molecule has 1 heteroatoms. The summed E-state index contributed by atoms with van der Waals surface area (Å²) in [6.07, 6.45) is 17.8. The lowest BCUT2D eigenvalue weighted by Gasteiger charge is -2.58. The first kappa shape index (κ1) is 23.8. The van der Waals surface area contributed by atoms with Gasteiger partial charge in [-0.3, -0.25) is 0 Å². The highest BCUT2D eigenvalue weighted by Crippen LogP contribution is 2.67. The van der Waals surface area contributed by atoms with E-state index in [0.717, 1.165) is 36.0 Å². The summed E-state index contributed by atoms with van der Waals surface area (Å²) in [7, 11) is 0. The van der Waals surface area contributed by atoms with Gasteiger partial charge in [-0.1, -0.05) is 66.5 Å². The van der Waals surface area contributed by atoms with Crippen molar-refractivity contribution < 1.29 is 5.11 Å². The smallest absolute Gasteiger partial charge is 0.0693 e. The zero-order valence-corrected chi connectivity index (χ0v) is 21.8. The second-order valence-corrected chi connectivity index (χ2v) is 13.5. The number of hydrogen-bond acceptors (Lipinski definition) is 1. The van der Waals surface area contributed by atoms with Crippen LogP contribution in [0.3, 0.4) is 0 Å². The maximum absolute atomic E-state index is 11.3. The van der Waals surface area contributed by atoms with Crippen LogP contribution in [0.4, 0.5) is 0 Å². The molecule has 7 unspecified atom stereocenters. The highest BCUT2D eigenvalue weighted by atomic mass is 16.3. The Bertz CT molecular complexity index is 666. The Hall–Kier alpha value is -0.300. The van der Waals surface area contributed by atoms with E-state index in [-0.39, 0.29) is 0 Å². The van der Waals surface area contributed by atoms with E-state index in [4.69, 9.17) is 0 Å². The molecule has 0 aromatic rings. The van der Waals surface area contributed by atoms with E-state index >= 15 is 0 Å². The van der Waals surface area contributed by atoms with Crippen LogP contribution in [0.1, 0.15) is 119 Å². The molecule has 1 N–H and O–H groups in total. The number of hydrogen-bond donors (Lipinski definition) is 1. The fourth-order valence-corrected chi connectivity index (χ4v) is 9.58. The lowest BCUT2D eigenvalue weighted by atomic mass is 9.47. The van der Waals surface area contributed by atoms with Gasteiger partial charge in [-0.2, -0.15) is 0 Å². The second-order valence-electron chi connectivity index (χ2n) is 13.5. The van der Waals surface area contributed by atoms with Crippen molar-refractivity contribution in [1.82, 2.24) is 0 Å². The average molecular weight is 429 g/mol. The summed E-state index contributed by atoms with van der Waals surface area (Å²) < 4.78 is 0. The Morgan fingerprint density at radius 3 is 2.35 bits per heavy atom. The first-order chi connectivity index (χ1) is 14.5. The summed E-state index contributed by atoms with van der Waals surface area (Å²) in [6, 6.07) is 0. The highest BCUT2D eigenvalue weighted by molar-refractivity contribution is 5.24. The Morgan fingerprint density at radius 2 is 1.68 bits per heavy atom. The highest BCUT2D eigenvalue weighted by Gasteiger charge is 2.58. The van der Waals surface area contributed by atoms with Crippen LogP contribution in [-0.4, -0.2) is 10.7 Å². The largest absolute Gasteiger partial charge is 0.389 e. The number of fused-ring (bicyclic) bond motifs is 5. The van der Waals surface area contributed by atoms with Crippen LogP contribution in [0.2, 0.25) is 0 Å². The molecule has 4 rings (SSSR count). The first-order valence-corrected chi connectivity index (χ1v) is 14.0. The predicted molar refractivity (Wildman–Crippen MR) is 133 cm³/mol. The quantitative estimate of drug-likeness (QED) is 0.421. The van der Waals surface area contributed by atoms with Crippen molar-refractivity contribution in [1.29, 1.82) is 0 Å². The van der Waals surface area contributed by atoms with Crippen LogP contribution in [0.25, 0.3) is 0 Å². The minimum atomic E-state index is -0.509. The molecule has 4 aliphatic carbocycles. The SMILES string of the molecule is CC(CCC(O)(C(C)C)C(C)C)C1CCC2C3CC=C4CCCCC4(C)C3CCC12C. The fourth-order valence-electron chi connectivity index (χ4n) is 9.58. The van der Waals surface area contributed by atoms with Crippen molar-refractivity contribution in [2.45, 2.75) is 125 Å². The normalized spacial score (nSPS) is 41.5. The van der Waals surface area contributed by atoms with Crippen LogP contribution in [0.5, 0.6) is 0 Å². The Morgan fingerprint density at radius 1 is 0.968 bits per heavy atom. The summed E-state index contributed by atoms with van der Waals surface area (Å²) in [4.78, 5) is 0. The maximum atomic E-state index is 11.3. The third kappa shape index (κ3) is 3.77. The van der Waals surface area contributed by atoms with E-state index in [1.54, 1.807) is 0 Å². The Kier molecular flexibility index (Phi) is 6.53. The van der Waals surface area contributed by atoms with Crippen molar-refractivity contribution in [3.05, 3.63) is 11.6 Å². The van der Waals surface area contributed by atoms with Crippen molar-refractivity contribution >= 4 is 0 Å². The van der Waals surface area contributed by atoms with Gasteiger partial charge in [-0.25, -0.2) is 0 Å². The molecule has 3 fully saturated rings. The van der Waals surface area contributed by atoms with Gasteiger partial charge in [0.15, 0.2) is 0 Å². The third-order valence-electron chi connectivity index (χ3n) is 11.8. The molecule has 0 saturated heterocycles. The second kappa shape index (κ2) is 8.48. The summed E-state index contributed by atoms with van der Waals surface area (Å²) in [5.41, 5.74) is 2.39. The van der Waals surface area contributed by atoms with Gasteiger partial charge in [0.05, 0.1) is 5.60 Å². The van der Waals surface area contributed by atoms with Crippen LogP contribution in [0.15, 0.2) is 11.6 Å². The van der Waals surface area contributed by atoms with E-state index in [2.05, 4.69) is 54.5 Å². The molecular weight excluding hydrogens is 376 g/mol. The van der Waals surface area contributed by atoms with Gasteiger partial charge in [0.25, 0.3) is 0 Å². The molecule has 4 aliphatic rings. The molecule has 0 aromatic heterocycles. The van der Waals surface area contributed by atoms with E-state index in [9.17, 15) is 5.11 Å². The van der Waals surface area contributed by atoms with E-state index in [0.29, 0.717) is 22.7 Å². The van der Waals surface area contributed by atoms with Gasteiger partial charge in [0.2, 0.25) is 0 Å². The molecule has 0 bridgehead atoms. The van der Waals surface area contributed by atoms with Gasteiger partial charge in [0.1, 0.15) is 0 Å². The lowest BCUT2D eigenvalue weighted by molar-refractivity contribution is -0.0689. The van der Waals surface area contributed by atoms with Gasteiger partial charge < -0.3 is 5.11 Å². The van der Waals surface area contributed by atoms with Crippen molar-refractivity contribution in [2.75, 3.05) is 0 Å². The maximum Gasteiger partial charge on any atom is 0.0693 e. The number of rotatable bonds is 6.